The highest BCUT2D eigenvalue weighted by atomic mass is 14.5. The summed E-state index contributed by atoms with van der Waals surface area (Å²) in [5.41, 5.74) is 13.3. The van der Waals surface area contributed by atoms with Gasteiger partial charge < -0.3 is 11.5 Å². The van der Waals surface area contributed by atoms with Crippen LogP contribution < -0.4 is 11.5 Å². The molecule has 0 saturated carbocycles. The first-order valence-corrected chi connectivity index (χ1v) is 5.07. The SMILES string of the molecule is C=C(N)/C=C\C(C)C#Cc1ccc(N)cc1. The Morgan fingerprint density at radius 1 is 1.38 bits per heavy atom. The van der Waals surface area contributed by atoms with Crippen LogP contribution in [0, 0.1) is 17.8 Å². The van der Waals surface area contributed by atoms with Crippen molar-refractivity contribution in [2.24, 2.45) is 11.7 Å². The van der Waals surface area contributed by atoms with Crippen molar-refractivity contribution >= 4 is 5.69 Å². The van der Waals surface area contributed by atoms with E-state index in [1.54, 1.807) is 6.08 Å². The van der Waals surface area contributed by atoms with Crippen LogP contribution in [0.2, 0.25) is 0 Å². The van der Waals surface area contributed by atoms with Gasteiger partial charge >= 0.3 is 0 Å². The standard InChI is InChI=1S/C14H16N2/c1-11(3-5-12(2)15)4-6-13-7-9-14(16)10-8-13/h3,5,7-11H,2,15-16H2,1H3/b5-3-. The van der Waals surface area contributed by atoms with Crippen LogP contribution in [-0.2, 0) is 0 Å². The highest BCUT2D eigenvalue weighted by Gasteiger charge is 1.90. The highest BCUT2D eigenvalue weighted by Crippen LogP contribution is 2.04. The molecule has 0 radical (unpaired) electrons. The summed E-state index contributed by atoms with van der Waals surface area (Å²) in [7, 11) is 0. The molecule has 0 aliphatic rings. The molecule has 0 spiro atoms. The summed E-state index contributed by atoms with van der Waals surface area (Å²) in [4.78, 5) is 0. The molecular formula is C14H16N2. The zero-order chi connectivity index (χ0) is 12.0. The largest absolute Gasteiger partial charge is 0.399 e. The molecule has 0 bridgehead atoms. The molecule has 1 unspecified atom stereocenters. The molecule has 0 aliphatic carbocycles. The van der Waals surface area contributed by atoms with Gasteiger partial charge in [-0.3, -0.25) is 0 Å². The van der Waals surface area contributed by atoms with E-state index in [4.69, 9.17) is 11.5 Å². The van der Waals surface area contributed by atoms with Crippen LogP contribution in [0.5, 0.6) is 0 Å². The minimum Gasteiger partial charge on any atom is -0.399 e. The van der Waals surface area contributed by atoms with Crippen LogP contribution in [0.3, 0.4) is 0 Å². The Hall–Kier alpha value is -2.14. The molecule has 82 valence electrons. The summed E-state index contributed by atoms with van der Waals surface area (Å²) in [6, 6.07) is 7.49. The van der Waals surface area contributed by atoms with Gasteiger partial charge in [0, 0.05) is 22.9 Å². The van der Waals surface area contributed by atoms with Gasteiger partial charge in [0.1, 0.15) is 0 Å². The first kappa shape index (κ1) is 11.9. The zero-order valence-electron chi connectivity index (χ0n) is 9.40. The Morgan fingerprint density at radius 3 is 2.56 bits per heavy atom. The molecule has 0 amide bonds. The van der Waals surface area contributed by atoms with Gasteiger partial charge in [0.2, 0.25) is 0 Å². The minimum absolute atomic E-state index is 0.151. The van der Waals surface area contributed by atoms with Crippen LogP contribution in [0.15, 0.2) is 48.7 Å². The maximum Gasteiger partial charge on any atom is 0.0361 e. The molecule has 16 heavy (non-hydrogen) atoms. The van der Waals surface area contributed by atoms with E-state index in [1.165, 1.54) is 0 Å². The zero-order valence-corrected chi connectivity index (χ0v) is 9.40. The van der Waals surface area contributed by atoms with Crippen molar-refractivity contribution in [3.8, 4) is 11.8 Å². The summed E-state index contributed by atoms with van der Waals surface area (Å²) in [5.74, 6) is 6.32. The van der Waals surface area contributed by atoms with Crippen LogP contribution in [0.1, 0.15) is 12.5 Å². The predicted octanol–water partition coefficient (Wildman–Crippen LogP) is 2.29. The lowest BCUT2D eigenvalue weighted by Crippen LogP contribution is -1.91. The summed E-state index contributed by atoms with van der Waals surface area (Å²) < 4.78 is 0. The molecule has 1 aromatic carbocycles. The number of nitrogen functional groups attached to an aromatic ring is 1. The number of benzene rings is 1. The molecule has 0 saturated heterocycles. The molecule has 0 heterocycles. The van der Waals surface area contributed by atoms with Gasteiger partial charge in [-0.15, -0.1) is 0 Å². The summed E-state index contributed by atoms with van der Waals surface area (Å²) >= 11 is 0. The summed E-state index contributed by atoms with van der Waals surface area (Å²) in [6.07, 6.45) is 3.69. The van der Waals surface area contributed by atoms with E-state index in [2.05, 4.69) is 18.4 Å². The number of anilines is 1. The lowest BCUT2D eigenvalue weighted by molar-refractivity contribution is 0.978. The first-order valence-electron chi connectivity index (χ1n) is 5.07. The third-order valence-corrected chi connectivity index (χ3v) is 1.95. The highest BCUT2D eigenvalue weighted by molar-refractivity contribution is 5.45. The monoisotopic (exact) mass is 212 g/mol. The lowest BCUT2D eigenvalue weighted by atomic mass is 10.1. The van der Waals surface area contributed by atoms with Crippen LogP contribution in [0.4, 0.5) is 5.69 Å². The summed E-state index contributed by atoms with van der Waals surface area (Å²) in [5, 5.41) is 0. The Labute approximate surface area is 96.7 Å². The van der Waals surface area contributed by atoms with E-state index in [0.717, 1.165) is 11.3 Å². The molecule has 1 aromatic rings. The van der Waals surface area contributed by atoms with Crippen molar-refractivity contribution in [2.75, 3.05) is 5.73 Å². The van der Waals surface area contributed by atoms with Crippen molar-refractivity contribution in [1.82, 2.24) is 0 Å². The molecule has 0 fully saturated rings. The maximum absolute atomic E-state index is 5.58. The van der Waals surface area contributed by atoms with Gasteiger partial charge in [0.05, 0.1) is 0 Å². The Kier molecular flexibility index (Phi) is 4.23. The van der Waals surface area contributed by atoms with E-state index >= 15 is 0 Å². The number of hydrogen-bond donors (Lipinski definition) is 2. The molecule has 1 atom stereocenters. The minimum atomic E-state index is 0.151. The van der Waals surface area contributed by atoms with Crippen molar-refractivity contribution in [1.29, 1.82) is 0 Å². The summed E-state index contributed by atoms with van der Waals surface area (Å²) in [6.45, 7) is 5.59. The Bertz CT molecular complexity index is 444. The van der Waals surface area contributed by atoms with Crippen LogP contribution in [-0.4, -0.2) is 0 Å². The molecule has 2 nitrogen and oxygen atoms in total. The van der Waals surface area contributed by atoms with Crippen molar-refractivity contribution in [3.63, 3.8) is 0 Å². The van der Waals surface area contributed by atoms with Gasteiger partial charge in [0.25, 0.3) is 0 Å². The molecule has 2 heteroatoms. The van der Waals surface area contributed by atoms with E-state index < -0.39 is 0 Å². The fourth-order valence-electron chi connectivity index (χ4n) is 1.08. The fraction of sp³-hybridized carbons (Fsp3) is 0.143. The topological polar surface area (TPSA) is 52.0 Å². The second-order valence-corrected chi connectivity index (χ2v) is 3.61. The van der Waals surface area contributed by atoms with Crippen molar-refractivity contribution < 1.29 is 0 Å². The van der Waals surface area contributed by atoms with E-state index in [0.29, 0.717) is 5.70 Å². The second kappa shape index (κ2) is 5.67. The molecule has 1 rings (SSSR count). The van der Waals surface area contributed by atoms with Gasteiger partial charge in [-0.1, -0.05) is 24.5 Å². The normalized spacial score (nSPS) is 11.8. The number of rotatable bonds is 2. The predicted molar refractivity (Wildman–Crippen MR) is 69.4 cm³/mol. The van der Waals surface area contributed by atoms with Crippen molar-refractivity contribution in [2.45, 2.75) is 6.92 Å². The first-order chi connectivity index (χ1) is 7.58. The quantitative estimate of drug-likeness (QED) is 0.449. The van der Waals surface area contributed by atoms with Crippen molar-refractivity contribution in [3.05, 3.63) is 54.3 Å². The maximum atomic E-state index is 5.58. The smallest absolute Gasteiger partial charge is 0.0361 e. The van der Waals surface area contributed by atoms with Crippen LogP contribution in [0.25, 0.3) is 0 Å². The van der Waals surface area contributed by atoms with Gasteiger partial charge in [-0.2, -0.15) is 0 Å². The van der Waals surface area contributed by atoms with E-state index in [1.807, 2.05) is 37.3 Å². The number of nitrogens with two attached hydrogens (primary N) is 2. The molecule has 0 aliphatic heterocycles. The second-order valence-electron chi connectivity index (χ2n) is 3.61. The third-order valence-electron chi connectivity index (χ3n) is 1.95. The van der Waals surface area contributed by atoms with Gasteiger partial charge in [-0.05, 0) is 37.3 Å². The molecule has 4 N–H and O–H groups in total. The van der Waals surface area contributed by atoms with Gasteiger partial charge in [-0.25, -0.2) is 0 Å². The number of allylic oxidation sites excluding steroid dienone is 2. The fourth-order valence-corrected chi connectivity index (χ4v) is 1.08. The lowest BCUT2D eigenvalue weighted by Gasteiger charge is -1.95. The van der Waals surface area contributed by atoms with Crippen LogP contribution >= 0.6 is 0 Å². The Morgan fingerprint density at radius 2 is 2.00 bits per heavy atom. The molecular weight excluding hydrogens is 196 g/mol. The van der Waals surface area contributed by atoms with E-state index in [-0.39, 0.29) is 5.92 Å². The Balaban J connectivity index is 2.67. The molecule has 0 aromatic heterocycles. The third kappa shape index (κ3) is 4.39. The average Bonchev–Trinajstić information content (AvgIpc) is 2.25. The average molecular weight is 212 g/mol. The van der Waals surface area contributed by atoms with Gasteiger partial charge in [0.15, 0.2) is 0 Å². The van der Waals surface area contributed by atoms with E-state index in [9.17, 15) is 0 Å². The number of hydrogen-bond acceptors (Lipinski definition) is 2.